The van der Waals surface area contributed by atoms with Crippen LogP contribution in [0.3, 0.4) is 0 Å². The zero-order valence-electron chi connectivity index (χ0n) is 11.0. The Balaban J connectivity index is 2.27. The van der Waals surface area contributed by atoms with Gasteiger partial charge in [0.1, 0.15) is 12.6 Å². The predicted molar refractivity (Wildman–Crippen MR) is 70.1 cm³/mol. The average Bonchev–Trinajstić information content (AvgIpc) is 2.43. The lowest BCUT2D eigenvalue weighted by Crippen LogP contribution is -2.32. The van der Waals surface area contributed by atoms with Crippen LogP contribution in [-0.2, 0) is 25.7 Å². The van der Waals surface area contributed by atoms with Gasteiger partial charge >= 0.3 is 11.9 Å². The van der Waals surface area contributed by atoms with Gasteiger partial charge in [-0.15, -0.1) is 0 Å². The van der Waals surface area contributed by atoms with Crippen molar-refractivity contribution < 1.29 is 19.1 Å². The molecule has 0 fully saturated rings. The summed E-state index contributed by atoms with van der Waals surface area (Å²) in [6.07, 6.45) is 0.349. The molecule has 0 saturated carbocycles. The molecule has 2 N–H and O–H groups in total. The van der Waals surface area contributed by atoms with E-state index >= 15 is 0 Å². The van der Waals surface area contributed by atoms with Crippen molar-refractivity contribution >= 4 is 11.9 Å². The van der Waals surface area contributed by atoms with Crippen LogP contribution in [0.1, 0.15) is 25.3 Å². The standard InChI is InChI=1S/C14H19NO4/c1-2-18-13(16)9-8-12(15)14(17)19-10-11-6-4-3-5-7-11/h3-7,12H,2,8-10,15H2,1H3/t12-/m0/s1. The van der Waals surface area contributed by atoms with Crippen molar-refractivity contribution in [3.63, 3.8) is 0 Å². The van der Waals surface area contributed by atoms with E-state index in [4.69, 9.17) is 15.2 Å². The lowest BCUT2D eigenvalue weighted by atomic mass is 10.2. The third-order valence-electron chi connectivity index (χ3n) is 2.49. The minimum Gasteiger partial charge on any atom is -0.466 e. The molecule has 5 heteroatoms. The molecular weight excluding hydrogens is 246 g/mol. The number of hydrogen-bond acceptors (Lipinski definition) is 5. The molecule has 0 aliphatic carbocycles. The van der Waals surface area contributed by atoms with E-state index in [1.54, 1.807) is 6.92 Å². The van der Waals surface area contributed by atoms with E-state index in [0.717, 1.165) is 5.56 Å². The molecule has 5 nitrogen and oxygen atoms in total. The van der Waals surface area contributed by atoms with Crippen molar-refractivity contribution in [1.82, 2.24) is 0 Å². The van der Waals surface area contributed by atoms with Crippen molar-refractivity contribution in [3.05, 3.63) is 35.9 Å². The summed E-state index contributed by atoms with van der Waals surface area (Å²) in [5.41, 5.74) is 6.54. The van der Waals surface area contributed by atoms with Crippen LogP contribution in [0, 0.1) is 0 Å². The number of hydrogen-bond donors (Lipinski definition) is 1. The van der Waals surface area contributed by atoms with Crippen molar-refractivity contribution in [2.24, 2.45) is 5.73 Å². The van der Waals surface area contributed by atoms with E-state index in [1.165, 1.54) is 0 Å². The minimum atomic E-state index is -0.798. The lowest BCUT2D eigenvalue weighted by Gasteiger charge is -2.11. The van der Waals surface area contributed by atoms with Crippen LogP contribution in [-0.4, -0.2) is 24.6 Å². The smallest absolute Gasteiger partial charge is 0.323 e. The average molecular weight is 265 g/mol. The van der Waals surface area contributed by atoms with E-state index in [0.29, 0.717) is 6.61 Å². The Morgan fingerprint density at radius 1 is 1.21 bits per heavy atom. The highest BCUT2D eigenvalue weighted by molar-refractivity contribution is 5.77. The van der Waals surface area contributed by atoms with Crippen molar-refractivity contribution in [2.75, 3.05) is 6.61 Å². The van der Waals surface area contributed by atoms with Gasteiger partial charge < -0.3 is 15.2 Å². The molecule has 0 spiro atoms. The quantitative estimate of drug-likeness (QED) is 0.754. The fraction of sp³-hybridized carbons (Fsp3) is 0.429. The van der Waals surface area contributed by atoms with Crippen molar-refractivity contribution in [1.29, 1.82) is 0 Å². The van der Waals surface area contributed by atoms with E-state index in [9.17, 15) is 9.59 Å². The molecule has 0 unspecified atom stereocenters. The summed E-state index contributed by atoms with van der Waals surface area (Å²) in [5, 5.41) is 0. The molecule has 1 aromatic carbocycles. The normalized spacial score (nSPS) is 11.7. The molecule has 1 rings (SSSR count). The molecule has 0 heterocycles. The summed E-state index contributed by atoms with van der Waals surface area (Å²) in [7, 11) is 0. The van der Waals surface area contributed by atoms with E-state index < -0.39 is 12.0 Å². The van der Waals surface area contributed by atoms with Crippen LogP contribution < -0.4 is 5.73 Å². The second kappa shape index (κ2) is 8.26. The number of esters is 2. The number of ether oxygens (including phenoxy) is 2. The Bertz CT molecular complexity index is 405. The van der Waals surface area contributed by atoms with E-state index in [2.05, 4.69) is 0 Å². The Kier molecular flexibility index (Phi) is 6.60. The third-order valence-corrected chi connectivity index (χ3v) is 2.49. The monoisotopic (exact) mass is 265 g/mol. The van der Waals surface area contributed by atoms with Gasteiger partial charge in [0.25, 0.3) is 0 Å². The van der Waals surface area contributed by atoms with Gasteiger partial charge in [-0.05, 0) is 18.9 Å². The largest absolute Gasteiger partial charge is 0.466 e. The molecule has 0 saturated heterocycles. The Morgan fingerprint density at radius 2 is 1.89 bits per heavy atom. The molecule has 0 radical (unpaired) electrons. The fourth-order valence-corrected chi connectivity index (χ4v) is 1.46. The van der Waals surface area contributed by atoms with Gasteiger partial charge in [0.2, 0.25) is 0 Å². The first-order valence-corrected chi connectivity index (χ1v) is 6.25. The molecule has 19 heavy (non-hydrogen) atoms. The SMILES string of the molecule is CCOC(=O)CC[C@H](N)C(=O)OCc1ccccc1. The summed E-state index contributed by atoms with van der Waals surface area (Å²) < 4.78 is 9.82. The minimum absolute atomic E-state index is 0.120. The predicted octanol–water partition coefficient (Wildman–Crippen LogP) is 1.40. The molecule has 0 aliphatic rings. The van der Waals surface area contributed by atoms with E-state index in [1.807, 2.05) is 30.3 Å². The first-order chi connectivity index (χ1) is 9.13. The summed E-state index contributed by atoms with van der Waals surface area (Å²) in [6, 6.07) is 8.53. The Morgan fingerprint density at radius 3 is 2.53 bits per heavy atom. The molecular formula is C14H19NO4. The van der Waals surface area contributed by atoms with Gasteiger partial charge in [-0.1, -0.05) is 30.3 Å². The summed E-state index contributed by atoms with van der Waals surface area (Å²) in [6.45, 7) is 2.24. The van der Waals surface area contributed by atoms with Crippen LogP contribution in [0.15, 0.2) is 30.3 Å². The third kappa shape index (κ3) is 6.01. The molecule has 1 atom stereocenters. The second-order valence-corrected chi connectivity index (χ2v) is 4.04. The van der Waals surface area contributed by atoms with Crippen LogP contribution in [0.5, 0.6) is 0 Å². The van der Waals surface area contributed by atoms with Crippen LogP contribution in [0.25, 0.3) is 0 Å². The van der Waals surface area contributed by atoms with E-state index in [-0.39, 0.29) is 25.4 Å². The summed E-state index contributed by atoms with van der Waals surface area (Å²) in [5.74, 6) is -0.859. The highest BCUT2D eigenvalue weighted by Gasteiger charge is 2.17. The van der Waals surface area contributed by atoms with Gasteiger partial charge in [0.05, 0.1) is 6.61 Å². The van der Waals surface area contributed by atoms with Gasteiger partial charge in [-0.25, -0.2) is 0 Å². The fourth-order valence-electron chi connectivity index (χ4n) is 1.46. The number of carbonyl (C=O) groups excluding carboxylic acids is 2. The van der Waals surface area contributed by atoms with Gasteiger partial charge in [0, 0.05) is 6.42 Å². The van der Waals surface area contributed by atoms with Crippen LogP contribution >= 0.6 is 0 Å². The maximum absolute atomic E-state index is 11.6. The Labute approximate surface area is 112 Å². The Hall–Kier alpha value is -1.88. The molecule has 0 aliphatic heterocycles. The first-order valence-electron chi connectivity index (χ1n) is 6.25. The topological polar surface area (TPSA) is 78.6 Å². The number of carbonyl (C=O) groups is 2. The molecule has 0 aromatic heterocycles. The van der Waals surface area contributed by atoms with Gasteiger partial charge in [0.15, 0.2) is 0 Å². The lowest BCUT2D eigenvalue weighted by molar-refractivity contribution is -0.147. The number of benzene rings is 1. The molecule has 104 valence electrons. The summed E-state index contributed by atoms with van der Waals surface area (Å²) >= 11 is 0. The molecule has 1 aromatic rings. The van der Waals surface area contributed by atoms with Crippen molar-refractivity contribution in [2.45, 2.75) is 32.4 Å². The number of rotatable bonds is 7. The zero-order valence-corrected chi connectivity index (χ0v) is 11.0. The second-order valence-electron chi connectivity index (χ2n) is 4.04. The highest BCUT2D eigenvalue weighted by Crippen LogP contribution is 2.04. The zero-order chi connectivity index (χ0) is 14.1. The molecule has 0 bridgehead atoms. The molecule has 0 amide bonds. The van der Waals surface area contributed by atoms with Crippen LogP contribution in [0.2, 0.25) is 0 Å². The van der Waals surface area contributed by atoms with Crippen LogP contribution in [0.4, 0.5) is 0 Å². The summed E-state index contributed by atoms with van der Waals surface area (Å²) in [4.78, 5) is 22.7. The maximum atomic E-state index is 11.6. The maximum Gasteiger partial charge on any atom is 0.323 e. The van der Waals surface area contributed by atoms with Gasteiger partial charge in [-0.3, -0.25) is 9.59 Å². The first kappa shape index (κ1) is 15.2. The highest BCUT2D eigenvalue weighted by atomic mass is 16.5. The van der Waals surface area contributed by atoms with Gasteiger partial charge in [-0.2, -0.15) is 0 Å². The van der Waals surface area contributed by atoms with Crippen molar-refractivity contribution in [3.8, 4) is 0 Å². The number of nitrogens with two attached hydrogens (primary N) is 1.